The second-order valence-electron chi connectivity index (χ2n) is 8.65. The average Bonchev–Trinajstić information content (AvgIpc) is 3.57. The van der Waals surface area contributed by atoms with Gasteiger partial charge >= 0.3 is 12.1 Å². The van der Waals surface area contributed by atoms with Crippen LogP contribution in [0.1, 0.15) is 18.5 Å². The largest absolute Gasteiger partial charge is 0.490 e. The highest BCUT2D eigenvalue weighted by molar-refractivity contribution is 7.89. The molecule has 1 amide bonds. The van der Waals surface area contributed by atoms with Crippen molar-refractivity contribution in [2.75, 3.05) is 32.8 Å². The summed E-state index contributed by atoms with van der Waals surface area (Å²) >= 11 is 0. The highest BCUT2D eigenvalue weighted by atomic mass is 32.2. The number of hydrogen-bond acceptors (Lipinski definition) is 7. The zero-order valence-corrected chi connectivity index (χ0v) is 21.0. The number of ether oxygens (including phenoxy) is 1. The molecule has 0 bridgehead atoms. The minimum absolute atomic E-state index is 0.110. The fourth-order valence-corrected chi connectivity index (χ4v) is 5.61. The summed E-state index contributed by atoms with van der Waals surface area (Å²) in [5, 5.41) is 6.28. The number of carbonyl (C=O) groups is 2. The summed E-state index contributed by atoms with van der Waals surface area (Å²) in [6.45, 7) is 0.875. The van der Waals surface area contributed by atoms with E-state index in [1.807, 2.05) is 12.1 Å². The average molecular weight is 554 g/mol. The number of fused-ring (bicyclic) bond motifs is 1. The number of nitrogens with zero attached hydrogens (tertiary/aromatic N) is 2. The van der Waals surface area contributed by atoms with Crippen LogP contribution in [-0.4, -0.2) is 73.5 Å². The van der Waals surface area contributed by atoms with E-state index in [1.54, 1.807) is 30.5 Å². The van der Waals surface area contributed by atoms with Gasteiger partial charge in [-0.05, 0) is 48.2 Å². The van der Waals surface area contributed by atoms with Gasteiger partial charge in [0.05, 0.1) is 4.90 Å². The molecule has 1 fully saturated rings. The van der Waals surface area contributed by atoms with Crippen molar-refractivity contribution < 1.29 is 35.9 Å². The van der Waals surface area contributed by atoms with Gasteiger partial charge in [0.2, 0.25) is 10.0 Å². The van der Waals surface area contributed by atoms with Gasteiger partial charge in [0.25, 0.3) is 5.91 Å². The fraction of sp³-hybridized carbons (Fsp3) is 0.375. The predicted octanol–water partition coefficient (Wildman–Crippen LogP) is 2.33. The predicted molar refractivity (Wildman–Crippen MR) is 131 cm³/mol. The lowest BCUT2D eigenvalue weighted by atomic mass is 10.0. The number of aromatic nitrogens is 2. The number of pyridine rings is 1. The molecule has 3 N–H and O–H groups in total. The van der Waals surface area contributed by atoms with Crippen LogP contribution in [0.2, 0.25) is 0 Å². The van der Waals surface area contributed by atoms with Crippen molar-refractivity contribution in [2.45, 2.75) is 30.5 Å². The molecule has 1 aromatic carbocycles. The van der Waals surface area contributed by atoms with Crippen LogP contribution >= 0.6 is 0 Å². The van der Waals surface area contributed by atoms with Crippen LogP contribution in [0.4, 0.5) is 13.2 Å². The molecule has 10 nitrogen and oxygen atoms in total. The van der Waals surface area contributed by atoms with Crippen LogP contribution in [0, 0.1) is 0 Å². The lowest BCUT2D eigenvalue weighted by molar-refractivity contribution is -0.199. The van der Waals surface area contributed by atoms with Crippen molar-refractivity contribution in [1.82, 2.24) is 24.9 Å². The number of carbonyl (C=O) groups excluding carboxylic acids is 2. The zero-order valence-electron chi connectivity index (χ0n) is 20.2. The van der Waals surface area contributed by atoms with E-state index < -0.39 is 34.7 Å². The first-order valence-electron chi connectivity index (χ1n) is 11.8. The van der Waals surface area contributed by atoms with Crippen LogP contribution < -0.4 is 10.6 Å². The van der Waals surface area contributed by atoms with Crippen molar-refractivity contribution in [1.29, 1.82) is 0 Å². The Morgan fingerprint density at radius 3 is 2.47 bits per heavy atom. The van der Waals surface area contributed by atoms with Gasteiger partial charge in [0.15, 0.2) is 6.61 Å². The van der Waals surface area contributed by atoms with E-state index in [-0.39, 0.29) is 11.4 Å². The molecular formula is C24H26F3N5O5S. The van der Waals surface area contributed by atoms with E-state index in [4.69, 9.17) is 0 Å². The Hall–Kier alpha value is -3.49. The van der Waals surface area contributed by atoms with E-state index in [2.05, 4.69) is 25.3 Å². The first-order valence-corrected chi connectivity index (χ1v) is 13.3. The minimum atomic E-state index is -5.15. The summed E-state index contributed by atoms with van der Waals surface area (Å²) in [6, 6.07) is 10.5. The van der Waals surface area contributed by atoms with Gasteiger partial charge in [0.1, 0.15) is 5.65 Å². The molecule has 3 aromatic rings. The molecule has 204 valence electrons. The Kier molecular flexibility index (Phi) is 8.33. The number of alkyl halides is 3. The van der Waals surface area contributed by atoms with Crippen molar-refractivity contribution in [2.24, 2.45) is 0 Å². The number of esters is 1. The Labute approximate surface area is 216 Å². The molecule has 14 heteroatoms. The molecule has 0 spiro atoms. The molecule has 0 unspecified atom stereocenters. The van der Waals surface area contributed by atoms with Gasteiger partial charge in [-0.2, -0.15) is 17.5 Å². The van der Waals surface area contributed by atoms with E-state index in [0.29, 0.717) is 31.8 Å². The molecule has 4 rings (SSSR count). The Morgan fingerprint density at radius 2 is 1.79 bits per heavy atom. The smallest absolute Gasteiger partial charge is 0.449 e. The van der Waals surface area contributed by atoms with Gasteiger partial charge in [-0.15, -0.1) is 0 Å². The normalized spacial score (nSPS) is 14.6. The number of rotatable bonds is 10. The lowest BCUT2D eigenvalue weighted by Crippen LogP contribution is -2.36. The maximum atomic E-state index is 12.8. The van der Waals surface area contributed by atoms with Crippen LogP contribution in [0.5, 0.6) is 0 Å². The van der Waals surface area contributed by atoms with Crippen LogP contribution in [0.25, 0.3) is 22.2 Å². The third-order valence-electron chi connectivity index (χ3n) is 5.96. The van der Waals surface area contributed by atoms with Gasteiger partial charge < -0.3 is 20.4 Å². The van der Waals surface area contributed by atoms with Crippen molar-refractivity contribution in [3.63, 3.8) is 0 Å². The quantitative estimate of drug-likeness (QED) is 0.259. The first-order chi connectivity index (χ1) is 18.1. The summed E-state index contributed by atoms with van der Waals surface area (Å²) in [5.41, 5.74) is 3.17. The van der Waals surface area contributed by atoms with E-state index in [1.165, 1.54) is 4.31 Å². The number of sulfonamides is 1. The molecule has 0 atom stereocenters. The summed E-state index contributed by atoms with van der Waals surface area (Å²) in [7, 11) is -3.50. The Morgan fingerprint density at radius 1 is 1.08 bits per heavy atom. The standard InChI is InChI=1S/C24H26F3N5O5S/c25-24(26,27)23(34)37-15-21(33)29-10-9-28-14-17-13-20-19(7-8-30-22(20)31-17)16-3-5-18(6-4-16)38(35,36)32-11-1-2-12-32/h3-8,13,28H,1-2,9-12,14-15H2,(H,29,33)(H,30,31). The molecule has 3 heterocycles. The molecule has 1 saturated heterocycles. The van der Waals surface area contributed by atoms with Gasteiger partial charge in [-0.3, -0.25) is 4.79 Å². The second kappa shape index (κ2) is 11.5. The van der Waals surface area contributed by atoms with Crippen molar-refractivity contribution in [3.8, 4) is 11.1 Å². The summed E-state index contributed by atoms with van der Waals surface area (Å²) in [4.78, 5) is 29.9. The van der Waals surface area contributed by atoms with E-state index in [0.717, 1.165) is 35.0 Å². The number of nitrogens with one attached hydrogen (secondary N) is 3. The number of hydrogen-bond donors (Lipinski definition) is 3. The van der Waals surface area contributed by atoms with E-state index in [9.17, 15) is 31.2 Å². The molecule has 0 saturated carbocycles. The van der Waals surface area contributed by atoms with Crippen LogP contribution in [0.15, 0.2) is 47.5 Å². The number of H-pyrrole nitrogens is 1. The van der Waals surface area contributed by atoms with Gasteiger partial charge in [-0.1, -0.05) is 12.1 Å². The topological polar surface area (TPSA) is 133 Å². The second-order valence-corrected chi connectivity index (χ2v) is 10.6. The highest BCUT2D eigenvalue weighted by Crippen LogP contribution is 2.30. The van der Waals surface area contributed by atoms with Crippen LogP contribution in [0.3, 0.4) is 0 Å². The first kappa shape index (κ1) is 27.5. The monoisotopic (exact) mass is 553 g/mol. The summed E-state index contributed by atoms with van der Waals surface area (Å²) < 4.78 is 67.2. The Bertz CT molecular complexity index is 1400. The summed E-state index contributed by atoms with van der Waals surface area (Å²) in [6.07, 6.45) is -1.75. The number of halogens is 3. The fourth-order valence-electron chi connectivity index (χ4n) is 4.09. The lowest BCUT2D eigenvalue weighted by Gasteiger charge is -2.15. The van der Waals surface area contributed by atoms with Gasteiger partial charge in [-0.25, -0.2) is 18.2 Å². The number of benzene rings is 1. The molecular weight excluding hydrogens is 527 g/mol. The van der Waals surface area contributed by atoms with Crippen LogP contribution in [-0.2, 0) is 30.9 Å². The van der Waals surface area contributed by atoms with Crippen molar-refractivity contribution in [3.05, 3.63) is 48.3 Å². The molecule has 0 radical (unpaired) electrons. The molecule has 1 aliphatic rings. The third-order valence-corrected chi connectivity index (χ3v) is 7.87. The molecule has 38 heavy (non-hydrogen) atoms. The number of amides is 1. The highest BCUT2D eigenvalue weighted by Gasteiger charge is 2.41. The zero-order chi connectivity index (χ0) is 27.3. The SMILES string of the molecule is O=C(COC(=O)C(F)(F)F)NCCNCc1cc2c(-c3ccc(S(=O)(=O)N4CCCC4)cc3)ccnc2[nH]1. The minimum Gasteiger partial charge on any atom is -0.449 e. The van der Waals surface area contributed by atoms with E-state index >= 15 is 0 Å². The molecule has 1 aliphatic heterocycles. The Balaban J connectivity index is 1.32. The van der Waals surface area contributed by atoms with Crippen molar-refractivity contribution >= 4 is 32.9 Å². The van der Waals surface area contributed by atoms with Gasteiger partial charge in [0, 0.05) is 50.0 Å². The number of aromatic amines is 1. The molecule has 0 aliphatic carbocycles. The summed E-state index contributed by atoms with van der Waals surface area (Å²) in [5.74, 6) is -3.26. The maximum Gasteiger partial charge on any atom is 0.490 e. The maximum absolute atomic E-state index is 12.8. The third kappa shape index (κ3) is 6.49. The molecule has 2 aromatic heterocycles.